The van der Waals surface area contributed by atoms with Crippen LogP contribution in [0.4, 0.5) is 17.6 Å². The van der Waals surface area contributed by atoms with Gasteiger partial charge in [-0.3, -0.25) is 4.79 Å². The zero-order valence-electron chi connectivity index (χ0n) is 18.5. The maximum absolute atomic E-state index is 13.8. The summed E-state index contributed by atoms with van der Waals surface area (Å²) in [4.78, 5) is 25.0. The predicted molar refractivity (Wildman–Crippen MR) is 117 cm³/mol. The number of hydrogen-bond donors (Lipinski definition) is 2. The molecule has 1 atom stereocenters. The number of carboxylic acids is 1. The smallest absolute Gasteiger partial charge is 0.416 e. The van der Waals surface area contributed by atoms with Crippen molar-refractivity contribution < 1.29 is 41.7 Å². The van der Waals surface area contributed by atoms with E-state index in [1.165, 1.54) is 42.5 Å². The highest BCUT2D eigenvalue weighted by Gasteiger charge is 2.46. The SMILES string of the molecule is CC1([C@H](NC(=O)c2ccc3cc(F)ccc3c2OCc2ccc(C(F)(F)F)cc2)C(=O)O)COC1. The number of ether oxygens (including phenoxy) is 2. The number of amides is 1. The molecule has 184 valence electrons. The second-order valence-corrected chi connectivity index (χ2v) is 8.68. The second kappa shape index (κ2) is 9.18. The molecule has 2 N–H and O–H groups in total. The van der Waals surface area contributed by atoms with Crippen LogP contribution in [0.25, 0.3) is 10.8 Å². The summed E-state index contributed by atoms with van der Waals surface area (Å²) in [6, 6.07) is 9.86. The number of nitrogens with one attached hydrogen (secondary N) is 1. The number of carboxylic acid groups (broad SMARTS) is 1. The van der Waals surface area contributed by atoms with Crippen LogP contribution in [-0.2, 0) is 22.3 Å². The second-order valence-electron chi connectivity index (χ2n) is 8.68. The van der Waals surface area contributed by atoms with E-state index in [0.717, 1.165) is 12.1 Å². The Hall–Kier alpha value is -3.66. The van der Waals surface area contributed by atoms with Crippen molar-refractivity contribution in [3.63, 3.8) is 0 Å². The van der Waals surface area contributed by atoms with Gasteiger partial charge in [-0.1, -0.05) is 25.1 Å². The molecule has 0 bridgehead atoms. The number of carbonyl (C=O) groups excluding carboxylic acids is 1. The third-order valence-corrected chi connectivity index (χ3v) is 5.92. The molecule has 3 aromatic rings. The van der Waals surface area contributed by atoms with Gasteiger partial charge in [0.1, 0.15) is 24.2 Å². The van der Waals surface area contributed by atoms with Gasteiger partial charge in [0.2, 0.25) is 0 Å². The quantitative estimate of drug-likeness (QED) is 0.464. The largest absolute Gasteiger partial charge is 0.487 e. The van der Waals surface area contributed by atoms with Crippen molar-refractivity contribution in [1.82, 2.24) is 5.32 Å². The van der Waals surface area contributed by atoms with Crippen molar-refractivity contribution in [1.29, 1.82) is 0 Å². The Morgan fingerprint density at radius 3 is 2.37 bits per heavy atom. The van der Waals surface area contributed by atoms with E-state index in [1.807, 2.05) is 0 Å². The van der Waals surface area contributed by atoms with Gasteiger partial charge in [0.15, 0.2) is 0 Å². The molecule has 35 heavy (non-hydrogen) atoms. The van der Waals surface area contributed by atoms with E-state index in [1.54, 1.807) is 6.92 Å². The summed E-state index contributed by atoms with van der Waals surface area (Å²) < 4.78 is 63.2. The van der Waals surface area contributed by atoms with Crippen LogP contribution in [0.3, 0.4) is 0 Å². The van der Waals surface area contributed by atoms with E-state index < -0.39 is 40.9 Å². The average Bonchev–Trinajstić information content (AvgIpc) is 2.78. The summed E-state index contributed by atoms with van der Waals surface area (Å²) in [5, 5.41) is 13.0. The third kappa shape index (κ3) is 5.07. The summed E-state index contributed by atoms with van der Waals surface area (Å²) >= 11 is 0. The Morgan fingerprint density at radius 1 is 1.11 bits per heavy atom. The van der Waals surface area contributed by atoms with Crippen LogP contribution in [0.5, 0.6) is 5.75 Å². The number of aliphatic carboxylic acids is 1. The first-order valence-corrected chi connectivity index (χ1v) is 10.6. The number of hydrogen-bond acceptors (Lipinski definition) is 4. The van der Waals surface area contributed by atoms with E-state index in [-0.39, 0.29) is 31.1 Å². The molecule has 3 aromatic carbocycles. The lowest BCUT2D eigenvalue weighted by Gasteiger charge is -2.42. The van der Waals surface area contributed by atoms with Crippen LogP contribution in [0.15, 0.2) is 54.6 Å². The highest BCUT2D eigenvalue weighted by molar-refractivity contribution is 6.05. The van der Waals surface area contributed by atoms with Crippen LogP contribution in [0.2, 0.25) is 0 Å². The van der Waals surface area contributed by atoms with Crippen molar-refractivity contribution in [3.8, 4) is 5.75 Å². The molecule has 0 spiro atoms. The fourth-order valence-corrected chi connectivity index (χ4v) is 3.89. The average molecular weight is 491 g/mol. The molecule has 0 aliphatic carbocycles. The molecule has 0 unspecified atom stereocenters. The molecule has 1 amide bonds. The molecule has 0 aromatic heterocycles. The highest BCUT2D eigenvalue weighted by atomic mass is 19.4. The molecular formula is C25H21F4NO5. The lowest BCUT2D eigenvalue weighted by atomic mass is 9.80. The van der Waals surface area contributed by atoms with Crippen LogP contribution < -0.4 is 10.1 Å². The molecule has 6 nitrogen and oxygen atoms in total. The van der Waals surface area contributed by atoms with Crippen molar-refractivity contribution >= 4 is 22.6 Å². The highest BCUT2D eigenvalue weighted by Crippen LogP contribution is 2.34. The molecule has 1 saturated heterocycles. The molecule has 1 aliphatic rings. The van der Waals surface area contributed by atoms with E-state index in [2.05, 4.69) is 5.32 Å². The first-order valence-electron chi connectivity index (χ1n) is 10.6. The normalized spacial score (nSPS) is 15.8. The molecular weight excluding hydrogens is 470 g/mol. The minimum Gasteiger partial charge on any atom is -0.487 e. The maximum atomic E-state index is 13.8. The fourth-order valence-electron chi connectivity index (χ4n) is 3.89. The monoisotopic (exact) mass is 491 g/mol. The van der Waals surface area contributed by atoms with Gasteiger partial charge in [0, 0.05) is 10.8 Å². The fraction of sp³-hybridized carbons (Fsp3) is 0.280. The maximum Gasteiger partial charge on any atom is 0.416 e. The molecule has 10 heteroatoms. The third-order valence-electron chi connectivity index (χ3n) is 5.92. The van der Waals surface area contributed by atoms with Crippen LogP contribution in [0, 0.1) is 11.2 Å². The van der Waals surface area contributed by atoms with Crippen LogP contribution >= 0.6 is 0 Å². The van der Waals surface area contributed by atoms with Gasteiger partial charge in [-0.25, -0.2) is 9.18 Å². The Balaban J connectivity index is 1.65. The summed E-state index contributed by atoms with van der Waals surface area (Å²) in [7, 11) is 0. The van der Waals surface area contributed by atoms with Gasteiger partial charge in [-0.05, 0) is 47.3 Å². The number of benzene rings is 3. The van der Waals surface area contributed by atoms with Crippen molar-refractivity contribution in [3.05, 3.63) is 77.1 Å². The van der Waals surface area contributed by atoms with Gasteiger partial charge in [0.05, 0.1) is 24.3 Å². The number of halogens is 4. The Bertz CT molecular complexity index is 1270. The van der Waals surface area contributed by atoms with E-state index in [4.69, 9.17) is 9.47 Å². The molecule has 1 heterocycles. The first kappa shape index (κ1) is 24.5. The Kier molecular flexibility index (Phi) is 6.42. The summed E-state index contributed by atoms with van der Waals surface area (Å²) in [5.74, 6) is -2.40. The summed E-state index contributed by atoms with van der Waals surface area (Å²) in [6.07, 6.45) is -4.48. The lowest BCUT2D eigenvalue weighted by molar-refractivity contribution is -0.160. The summed E-state index contributed by atoms with van der Waals surface area (Å²) in [6.45, 7) is 1.83. The number of fused-ring (bicyclic) bond motifs is 1. The van der Waals surface area contributed by atoms with E-state index in [9.17, 15) is 32.3 Å². The van der Waals surface area contributed by atoms with E-state index >= 15 is 0 Å². The van der Waals surface area contributed by atoms with Gasteiger partial charge in [-0.2, -0.15) is 13.2 Å². The van der Waals surface area contributed by atoms with Gasteiger partial charge in [0.25, 0.3) is 5.91 Å². The molecule has 1 aliphatic heterocycles. The van der Waals surface area contributed by atoms with Gasteiger partial charge >= 0.3 is 12.1 Å². The Labute approximate surface area is 197 Å². The zero-order valence-corrected chi connectivity index (χ0v) is 18.5. The Morgan fingerprint density at radius 2 is 1.80 bits per heavy atom. The minimum atomic E-state index is -4.48. The van der Waals surface area contributed by atoms with Crippen LogP contribution in [0.1, 0.15) is 28.4 Å². The van der Waals surface area contributed by atoms with Crippen molar-refractivity contribution in [2.24, 2.45) is 5.41 Å². The van der Waals surface area contributed by atoms with Crippen molar-refractivity contribution in [2.45, 2.75) is 25.7 Å². The lowest BCUT2D eigenvalue weighted by Crippen LogP contribution is -2.59. The van der Waals surface area contributed by atoms with Crippen LogP contribution in [-0.4, -0.2) is 36.2 Å². The number of rotatable bonds is 7. The predicted octanol–water partition coefficient (Wildman–Crippen LogP) is 4.80. The number of carbonyl (C=O) groups is 2. The van der Waals surface area contributed by atoms with Gasteiger partial charge in [-0.15, -0.1) is 0 Å². The number of alkyl halides is 3. The molecule has 0 saturated carbocycles. The minimum absolute atomic E-state index is 0.00566. The molecule has 4 rings (SSSR count). The zero-order chi connectivity index (χ0) is 25.4. The standard InChI is InChI=1S/C25H21F4NO5/c1-24(12-34-13-24)21(23(32)33)30-22(31)19-8-4-15-10-17(26)7-9-18(15)20(19)35-11-14-2-5-16(6-3-14)25(27,28)29/h2-10,21H,11-13H2,1H3,(H,30,31)(H,32,33)/t21-/m1/s1. The molecule has 1 fully saturated rings. The summed E-state index contributed by atoms with van der Waals surface area (Å²) in [5.41, 5.74) is -1.19. The first-order chi connectivity index (χ1) is 16.5. The molecule has 0 radical (unpaired) electrons. The van der Waals surface area contributed by atoms with Crippen molar-refractivity contribution in [2.75, 3.05) is 13.2 Å². The topological polar surface area (TPSA) is 84.9 Å². The van der Waals surface area contributed by atoms with Gasteiger partial charge < -0.3 is 19.9 Å². The van der Waals surface area contributed by atoms with E-state index in [0.29, 0.717) is 16.3 Å².